The van der Waals surface area contributed by atoms with Crippen LogP contribution in [-0.2, 0) is 55.4 Å². The van der Waals surface area contributed by atoms with Gasteiger partial charge in [-0.3, -0.25) is 4.79 Å². The first-order chi connectivity index (χ1) is 25.8. The Labute approximate surface area is 314 Å². The average Bonchev–Trinajstić information content (AvgIpc) is 3.50. The molecule has 4 nitrogen and oxygen atoms in total. The molecule has 1 N–H and O–H groups in total. The average molecular weight is 806 g/mol. The number of allylic oxidation sites excluding steroid dienone is 4. The van der Waals surface area contributed by atoms with Crippen molar-refractivity contribution in [2.24, 2.45) is 0 Å². The number of carbonyl (C=O) groups excluding carboxylic acids is 1. The summed E-state index contributed by atoms with van der Waals surface area (Å²) in [5, 5.41) is 11.8. The Morgan fingerprint density at radius 2 is 1.02 bits per heavy atom. The molecule has 1 aromatic heterocycles. The number of aliphatic hydroxyl groups excluding tert-OH is 1. The summed E-state index contributed by atoms with van der Waals surface area (Å²) in [6, 6.07) is 2.33. The van der Waals surface area contributed by atoms with Gasteiger partial charge < -0.3 is 9.67 Å². The van der Waals surface area contributed by atoms with Crippen molar-refractivity contribution in [3.63, 3.8) is 0 Å². The first kappa shape index (κ1) is 42.4. The van der Waals surface area contributed by atoms with Crippen LogP contribution in [0.15, 0.2) is 64.6 Å². The molecule has 0 amide bonds. The minimum atomic E-state index is -5.12. The number of hydrogen-bond donors (Lipinski definition) is 1. The molecule has 2 heterocycles. The molecule has 0 saturated heterocycles. The molecule has 2 aromatic carbocycles. The fourth-order valence-corrected chi connectivity index (χ4v) is 7.81. The molecule has 0 radical (unpaired) electrons. The maximum Gasteiger partial charge on any atom is 0.416 e. The molecule has 0 atom stereocenters. The quantitative estimate of drug-likeness (QED) is 0.133. The molecule has 5 rings (SSSR count). The van der Waals surface area contributed by atoms with Crippen molar-refractivity contribution < 1.29 is 67.2 Å². The third-order valence-electron chi connectivity index (χ3n) is 10.3. The Bertz CT molecular complexity index is 2170. The van der Waals surface area contributed by atoms with Gasteiger partial charge in [-0.2, -0.15) is 57.3 Å². The van der Waals surface area contributed by atoms with Gasteiger partial charge in [0.15, 0.2) is 12.3 Å². The summed E-state index contributed by atoms with van der Waals surface area (Å²) in [6.07, 6.45) is -19.3. The van der Waals surface area contributed by atoms with Gasteiger partial charge >= 0.3 is 24.7 Å². The van der Waals surface area contributed by atoms with E-state index in [9.17, 15) is 62.6 Å². The first-order valence-corrected chi connectivity index (χ1v) is 17.6. The zero-order valence-corrected chi connectivity index (χ0v) is 31.0. The number of aromatic nitrogens is 1. The van der Waals surface area contributed by atoms with E-state index in [1.54, 1.807) is 41.5 Å². The molecule has 1 aliphatic heterocycles. The number of carbonyl (C=O) groups is 1. The van der Waals surface area contributed by atoms with Gasteiger partial charge in [0.1, 0.15) is 11.3 Å². The summed E-state index contributed by atoms with van der Waals surface area (Å²) in [6.45, 7) is 9.06. The second kappa shape index (κ2) is 14.6. The highest BCUT2D eigenvalue weighted by Crippen LogP contribution is 2.47. The molecule has 1 aliphatic carbocycles. The van der Waals surface area contributed by atoms with Crippen LogP contribution in [0.1, 0.15) is 103 Å². The van der Waals surface area contributed by atoms with Crippen LogP contribution >= 0.6 is 0 Å². The Morgan fingerprint density at radius 3 is 1.39 bits per heavy atom. The minimum absolute atomic E-state index is 0.00317. The number of nitrogens with zero attached hydrogens (tertiary/aromatic N) is 2. The molecular formula is C40H37F12N2O2+. The molecule has 0 saturated carbocycles. The highest BCUT2D eigenvalue weighted by Gasteiger charge is 2.48. The van der Waals surface area contributed by atoms with Crippen LogP contribution in [0.4, 0.5) is 52.7 Å². The summed E-state index contributed by atoms with van der Waals surface area (Å²) >= 11 is 0. The fraction of sp³-hybridized carbons (Fsp3) is 0.400. The van der Waals surface area contributed by atoms with Crippen molar-refractivity contribution in [3.8, 4) is 0 Å². The van der Waals surface area contributed by atoms with Crippen molar-refractivity contribution in [1.29, 1.82) is 0 Å². The zero-order chi connectivity index (χ0) is 42.0. The first-order valence-electron chi connectivity index (χ1n) is 17.6. The van der Waals surface area contributed by atoms with E-state index in [1.807, 2.05) is 0 Å². The van der Waals surface area contributed by atoms with Gasteiger partial charge in [0.2, 0.25) is 11.5 Å². The van der Waals surface area contributed by atoms with Crippen LogP contribution in [0, 0.1) is 6.92 Å². The maximum atomic E-state index is 14.4. The second-order valence-electron chi connectivity index (χ2n) is 13.6. The van der Waals surface area contributed by atoms with Crippen LogP contribution in [0.3, 0.4) is 0 Å². The van der Waals surface area contributed by atoms with Gasteiger partial charge in [-0.15, -0.1) is 0 Å². The van der Waals surface area contributed by atoms with Gasteiger partial charge in [0.05, 0.1) is 33.5 Å². The molecule has 0 fully saturated rings. The van der Waals surface area contributed by atoms with Gasteiger partial charge in [-0.25, -0.2) is 0 Å². The number of ketones is 1. The second-order valence-corrected chi connectivity index (χ2v) is 13.6. The number of hydrogen-bond acceptors (Lipinski definition) is 2. The summed E-state index contributed by atoms with van der Waals surface area (Å²) in [4.78, 5) is 14.4. The van der Waals surface area contributed by atoms with E-state index in [0.717, 1.165) is 0 Å². The Balaban J connectivity index is 1.74. The van der Waals surface area contributed by atoms with Crippen molar-refractivity contribution >= 4 is 17.1 Å². The summed E-state index contributed by atoms with van der Waals surface area (Å²) in [5.74, 6) is -1.35. The van der Waals surface area contributed by atoms with Crippen molar-refractivity contribution in [1.82, 2.24) is 4.57 Å². The van der Waals surface area contributed by atoms with Gasteiger partial charge in [0.25, 0.3) is 0 Å². The Morgan fingerprint density at radius 1 is 0.589 bits per heavy atom. The number of alkyl halides is 12. The monoisotopic (exact) mass is 805 g/mol. The third-order valence-corrected chi connectivity index (χ3v) is 10.3. The Kier molecular flexibility index (Phi) is 11.1. The minimum Gasteiger partial charge on any atom is -0.506 e. The highest BCUT2D eigenvalue weighted by atomic mass is 19.4. The molecule has 56 heavy (non-hydrogen) atoms. The normalized spacial score (nSPS) is 17.2. The molecule has 3 aromatic rings. The molecule has 2 aliphatic rings. The smallest absolute Gasteiger partial charge is 0.416 e. The van der Waals surface area contributed by atoms with E-state index >= 15 is 0 Å². The van der Waals surface area contributed by atoms with Gasteiger partial charge in [0, 0.05) is 35.9 Å². The van der Waals surface area contributed by atoms with E-state index in [4.69, 9.17) is 0 Å². The lowest BCUT2D eigenvalue weighted by Gasteiger charge is -2.25. The predicted octanol–water partition coefficient (Wildman–Crippen LogP) is 12.0. The van der Waals surface area contributed by atoms with E-state index in [0.29, 0.717) is 70.8 Å². The number of rotatable bonds is 9. The predicted molar refractivity (Wildman–Crippen MR) is 184 cm³/mol. The van der Waals surface area contributed by atoms with Crippen LogP contribution < -0.4 is 0 Å². The van der Waals surface area contributed by atoms with E-state index in [1.165, 1.54) is 9.14 Å². The lowest BCUT2D eigenvalue weighted by molar-refractivity contribution is -0.488. The lowest BCUT2D eigenvalue weighted by atomic mass is 9.80. The number of benzene rings is 2. The highest BCUT2D eigenvalue weighted by molar-refractivity contribution is 6.39. The van der Waals surface area contributed by atoms with Crippen molar-refractivity contribution in [2.75, 3.05) is 0 Å². The van der Waals surface area contributed by atoms with Crippen molar-refractivity contribution in [2.45, 2.75) is 105 Å². The third kappa shape index (κ3) is 7.54. The van der Waals surface area contributed by atoms with Crippen LogP contribution in [0.2, 0.25) is 0 Å². The van der Waals surface area contributed by atoms with E-state index in [-0.39, 0.29) is 58.6 Å². The maximum absolute atomic E-state index is 14.4. The summed E-state index contributed by atoms with van der Waals surface area (Å²) in [5.41, 5.74) is -4.07. The summed E-state index contributed by atoms with van der Waals surface area (Å²) in [7, 11) is 0. The molecule has 16 heteroatoms. The number of halogens is 12. The van der Waals surface area contributed by atoms with Gasteiger partial charge in [-0.05, 0) is 85.7 Å². The number of aliphatic hydroxyl groups is 1. The fourth-order valence-electron chi connectivity index (χ4n) is 7.81. The van der Waals surface area contributed by atoms with E-state index < -0.39 is 71.6 Å². The lowest BCUT2D eigenvalue weighted by Crippen LogP contribution is -2.29. The van der Waals surface area contributed by atoms with Gasteiger partial charge in [-0.1, -0.05) is 27.7 Å². The number of Topliss-reactive ketones (excluding diaryl/α,β-unsaturated/α-hetero) is 1. The van der Waals surface area contributed by atoms with E-state index in [2.05, 4.69) is 0 Å². The molecule has 302 valence electrons. The van der Waals surface area contributed by atoms with Crippen LogP contribution in [0.5, 0.6) is 0 Å². The molecule has 0 spiro atoms. The largest absolute Gasteiger partial charge is 0.506 e. The topological polar surface area (TPSA) is 45.2 Å². The van der Waals surface area contributed by atoms with Crippen LogP contribution in [0.25, 0.3) is 5.57 Å². The summed E-state index contributed by atoms with van der Waals surface area (Å²) < 4.78 is 168. The SMILES string of the molecule is CCC1=C(CC)/C(=C2\C(=O)C(c3c(CC)c(CC)c(C)n3Cc3cc(C(F)(F)F)cc(C(F)(F)F)c3)=C2O)[N+](Cc2cc(C(F)(F)F)cc(C(F)(F)F)c2)=C1C. The van der Waals surface area contributed by atoms with Crippen LogP contribution in [-0.4, -0.2) is 25.7 Å². The van der Waals surface area contributed by atoms with Crippen molar-refractivity contribution in [3.05, 3.63) is 120 Å². The molecule has 0 bridgehead atoms. The molecular weight excluding hydrogens is 768 g/mol. The molecule has 0 unspecified atom stereocenters. The standard InChI is InChI=1S/C40H36F12N2O2/c1-7-27-19(5)53(17-21-11-23(37(41,42)43)15-24(12-21)38(44,45)46)33(29(27)9-3)31-35(55)32(36(31)56)34-30(10-4)28(8-2)20(6)54(34)18-22-13-25(39(47,48)49)16-26(14-22)40(50,51)52/h11-16H,7-10,17-18H2,1-6H3/p+1. The zero-order valence-electron chi connectivity index (χ0n) is 31.0. The Hall–Kier alpha value is -4.76.